The third-order valence-corrected chi connectivity index (χ3v) is 5.24. The number of ether oxygens (including phenoxy) is 1. The SMILES string of the molecule is CC(C)C(NC(=O)OCC(C)(C)C)C(=O)CC1Cc2cnc([nH]2)CCCCNC(=O)C1=O. The molecule has 178 valence electrons. The first-order chi connectivity index (χ1) is 15.0. The van der Waals surface area contributed by atoms with E-state index in [2.05, 4.69) is 20.6 Å². The summed E-state index contributed by atoms with van der Waals surface area (Å²) in [5, 5.41) is 5.28. The van der Waals surface area contributed by atoms with Gasteiger partial charge in [-0.15, -0.1) is 0 Å². The van der Waals surface area contributed by atoms with Gasteiger partial charge in [-0.05, 0) is 30.6 Å². The predicted octanol–water partition coefficient (Wildman–Crippen LogP) is 2.35. The summed E-state index contributed by atoms with van der Waals surface area (Å²) >= 11 is 0. The van der Waals surface area contributed by atoms with Crippen LogP contribution in [0.5, 0.6) is 0 Å². The Bertz CT molecular complexity index is 825. The third-order valence-electron chi connectivity index (χ3n) is 5.24. The van der Waals surface area contributed by atoms with Gasteiger partial charge in [0.05, 0.1) is 12.6 Å². The number of hydrogen-bond acceptors (Lipinski definition) is 6. The van der Waals surface area contributed by atoms with Gasteiger partial charge in [0, 0.05) is 37.2 Å². The molecule has 1 aromatic rings. The number of carbonyl (C=O) groups excluding carboxylic acids is 4. The maximum Gasteiger partial charge on any atom is 0.407 e. The van der Waals surface area contributed by atoms with Crippen molar-refractivity contribution in [1.82, 2.24) is 20.6 Å². The predicted molar refractivity (Wildman–Crippen MR) is 119 cm³/mol. The van der Waals surface area contributed by atoms with Crippen LogP contribution in [0.25, 0.3) is 0 Å². The van der Waals surface area contributed by atoms with Crippen LogP contribution in [0.2, 0.25) is 0 Å². The zero-order chi connectivity index (χ0) is 23.9. The van der Waals surface area contributed by atoms with Crippen LogP contribution in [0, 0.1) is 17.3 Å². The summed E-state index contributed by atoms with van der Waals surface area (Å²) in [4.78, 5) is 58.0. The van der Waals surface area contributed by atoms with E-state index < -0.39 is 29.7 Å². The molecule has 9 heteroatoms. The molecule has 1 aliphatic heterocycles. The molecule has 2 atom stereocenters. The number of H-pyrrole nitrogens is 1. The number of imidazole rings is 1. The molecule has 0 fully saturated rings. The molecule has 32 heavy (non-hydrogen) atoms. The quantitative estimate of drug-likeness (QED) is 0.573. The lowest BCUT2D eigenvalue weighted by molar-refractivity contribution is -0.141. The third kappa shape index (κ3) is 8.09. The van der Waals surface area contributed by atoms with Gasteiger partial charge >= 0.3 is 6.09 Å². The largest absolute Gasteiger partial charge is 0.449 e. The lowest BCUT2D eigenvalue weighted by Gasteiger charge is -2.24. The highest BCUT2D eigenvalue weighted by molar-refractivity contribution is 6.37. The van der Waals surface area contributed by atoms with Gasteiger partial charge in [-0.25, -0.2) is 9.78 Å². The van der Waals surface area contributed by atoms with Gasteiger partial charge < -0.3 is 20.4 Å². The van der Waals surface area contributed by atoms with E-state index in [0.717, 1.165) is 25.1 Å². The van der Waals surface area contributed by atoms with Crippen LogP contribution in [-0.4, -0.2) is 52.7 Å². The fraction of sp³-hybridized carbons (Fsp3) is 0.696. The molecule has 0 aromatic carbocycles. The summed E-state index contributed by atoms with van der Waals surface area (Å²) < 4.78 is 5.23. The van der Waals surface area contributed by atoms with Crippen molar-refractivity contribution in [1.29, 1.82) is 0 Å². The maximum atomic E-state index is 13.1. The molecule has 0 saturated heterocycles. The Morgan fingerprint density at radius 1 is 1.25 bits per heavy atom. The minimum atomic E-state index is -0.844. The van der Waals surface area contributed by atoms with Gasteiger partial charge in [-0.2, -0.15) is 0 Å². The molecule has 1 aliphatic rings. The normalized spacial score (nSPS) is 18.9. The summed E-state index contributed by atoms with van der Waals surface area (Å²) in [5.41, 5.74) is 0.503. The van der Waals surface area contributed by atoms with Crippen LogP contribution in [0.4, 0.5) is 4.79 Å². The highest BCUT2D eigenvalue weighted by Gasteiger charge is 2.33. The van der Waals surface area contributed by atoms with Gasteiger partial charge in [-0.1, -0.05) is 34.6 Å². The van der Waals surface area contributed by atoms with E-state index in [1.54, 1.807) is 6.20 Å². The monoisotopic (exact) mass is 448 g/mol. The standard InChI is InChI=1S/C23H36N4O5/c1-14(2)19(27-22(31)32-13-23(3,4)5)17(28)11-15-10-16-12-25-18(26-16)8-6-7-9-24-21(30)20(15)29/h12,14-15,19H,6-11,13H2,1-5H3,(H,24,30)(H,25,26)(H,27,31). The molecule has 3 N–H and O–H groups in total. The number of fused-ring (bicyclic) bond motifs is 2. The number of alkyl carbamates (subject to hydrolysis) is 1. The van der Waals surface area contributed by atoms with Gasteiger partial charge in [0.1, 0.15) is 5.82 Å². The van der Waals surface area contributed by atoms with E-state index in [1.165, 1.54) is 0 Å². The molecule has 0 spiro atoms. The van der Waals surface area contributed by atoms with Crippen molar-refractivity contribution in [2.24, 2.45) is 17.3 Å². The number of nitrogens with one attached hydrogen (secondary N) is 3. The van der Waals surface area contributed by atoms with E-state index in [0.29, 0.717) is 12.2 Å². The van der Waals surface area contributed by atoms with Crippen LogP contribution < -0.4 is 10.6 Å². The van der Waals surface area contributed by atoms with E-state index in [1.807, 2.05) is 34.6 Å². The van der Waals surface area contributed by atoms with Crippen molar-refractivity contribution in [2.75, 3.05) is 13.2 Å². The Labute approximate surface area is 189 Å². The first-order valence-corrected chi connectivity index (χ1v) is 11.3. The van der Waals surface area contributed by atoms with Crippen molar-refractivity contribution in [3.8, 4) is 0 Å². The Balaban J connectivity index is 2.13. The Morgan fingerprint density at radius 3 is 2.62 bits per heavy atom. The molecule has 2 heterocycles. The van der Waals surface area contributed by atoms with Gasteiger partial charge in [0.15, 0.2) is 5.78 Å². The number of aryl methyl sites for hydroxylation is 1. The number of hydrogen-bond donors (Lipinski definition) is 3. The zero-order valence-electron chi connectivity index (χ0n) is 19.7. The average molecular weight is 449 g/mol. The lowest BCUT2D eigenvalue weighted by atomic mass is 9.87. The second-order valence-corrected chi connectivity index (χ2v) is 10.0. The van der Waals surface area contributed by atoms with E-state index in [9.17, 15) is 19.2 Å². The molecule has 2 rings (SSSR count). The summed E-state index contributed by atoms with van der Waals surface area (Å²) in [6, 6.07) is -0.822. The van der Waals surface area contributed by atoms with Gasteiger partial charge in [0.2, 0.25) is 5.78 Å². The van der Waals surface area contributed by atoms with E-state index in [4.69, 9.17) is 4.74 Å². The van der Waals surface area contributed by atoms with Crippen molar-refractivity contribution < 1.29 is 23.9 Å². The fourth-order valence-electron chi connectivity index (χ4n) is 3.49. The van der Waals surface area contributed by atoms with Crippen molar-refractivity contribution in [3.05, 3.63) is 17.7 Å². The minimum Gasteiger partial charge on any atom is -0.449 e. The van der Waals surface area contributed by atoms with E-state index in [-0.39, 0.29) is 36.6 Å². The van der Waals surface area contributed by atoms with Crippen molar-refractivity contribution in [2.45, 2.75) is 72.8 Å². The number of amides is 2. The summed E-state index contributed by atoms with van der Waals surface area (Å²) in [5.74, 6) is -1.85. The second kappa shape index (κ2) is 11.2. The van der Waals surface area contributed by atoms with Crippen molar-refractivity contribution in [3.63, 3.8) is 0 Å². The molecule has 2 unspecified atom stereocenters. The number of aromatic amines is 1. The molecule has 1 aromatic heterocycles. The Kier molecular flexibility index (Phi) is 8.98. The van der Waals surface area contributed by atoms with Crippen LogP contribution in [0.1, 0.15) is 65.4 Å². The van der Waals surface area contributed by atoms with Gasteiger partial charge in [-0.3, -0.25) is 14.4 Å². The van der Waals surface area contributed by atoms with Crippen LogP contribution in [-0.2, 0) is 32.0 Å². The maximum absolute atomic E-state index is 13.1. The highest BCUT2D eigenvalue weighted by Crippen LogP contribution is 2.18. The average Bonchev–Trinajstić information content (AvgIpc) is 3.14. The topological polar surface area (TPSA) is 130 Å². The summed E-state index contributed by atoms with van der Waals surface area (Å²) in [6.07, 6.45) is 3.34. The molecule has 0 radical (unpaired) electrons. The highest BCUT2D eigenvalue weighted by atomic mass is 16.5. The number of nitrogens with zero attached hydrogens (tertiary/aromatic N) is 1. The molecule has 2 amide bonds. The first kappa shape index (κ1) is 25.5. The van der Waals surface area contributed by atoms with Crippen LogP contribution >= 0.6 is 0 Å². The summed E-state index contributed by atoms with van der Waals surface area (Å²) in [6.45, 7) is 10.0. The van der Waals surface area contributed by atoms with Gasteiger partial charge in [0.25, 0.3) is 5.91 Å². The Hall–Kier alpha value is -2.71. The lowest BCUT2D eigenvalue weighted by Crippen LogP contribution is -2.47. The smallest absolute Gasteiger partial charge is 0.407 e. The number of ketones is 2. The number of rotatable bonds is 6. The fourth-order valence-corrected chi connectivity index (χ4v) is 3.49. The molecule has 2 bridgehead atoms. The zero-order valence-corrected chi connectivity index (χ0v) is 19.7. The molecular formula is C23H36N4O5. The second-order valence-electron chi connectivity index (χ2n) is 10.0. The molecule has 0 aliphatic carbocycles. The number of aromatic nitrogens is 2. The number of carbonyl (C=O) groups is 4. The van der Waals surface area contributed by atoms with Crippen LogP contribution in [0.15, 0.2) is 6.20 Å². The van der Waals surface area contributed by atoms with Crippen molar-refractivity contribution >= 4 is 23.6 Å². The minimum absolute atomic E-state index is 0.164. The molecule has 0 saturated carbocycles. The summed E-state index contributed by atoms with van der Waals surface area (Å²) in [7, 11) is 0. The van der Waals surface area contributed by atoms with Crippen LogP contribution in [0.3, 0.4) is 0 Å². The number of Topliss-reactive ketones (excluding diaryl/α,β-unsaturated/α-hetero) is 2. The molecular weight excluding hydrogens is 412 g/mol. The Morgan fingerprint density at radius 2 is 1.97 bits per heavy atom. The first-order valence-electron chi connectivity index (χ1n) is 11.3. The molecule has 9 nitrogen and oxygen atoms in total. The van der Waals surface area contributed by atoms with E-state index >= 15 is 0 Å².